The van der Waals surface area contributed by atoms with Crippen molar-refractivity contribution >= 4 is 11.7 Å². The van der Waals surface area contributed by atoms with Gasteiger partial charge in [-0.2, -0.15) is 10.4 Å². The number of nitrogens with zero attached hydrogens (tertiary/aromatic N) is 3. The highest BCUT2D eigenvalue weighted by Gasteiger charge is 2.20. The number of nitrogens with one attached hydrogen (secondary N) is 2. The Morgan fingerprint density at radius 2 is 2.22 bits per heavy atom. The number of piperidine rings is 1. The Morgan fingerprint density at radius 1 is 1.44 bits per heavy atom. The Kier molecular flexibility index (Phi) is 3.42. The van der Waals surface area contributed by atoms with E-state index in [0.717, 1.165) is 17.7 Å². The van der Waals surface area contributed by atoms with Gasteiger partial charge in [0.25, 0.3) is 0 Å². The second-order valence-corrected chi connectivity index (χ2v) is 4.43. The van der Waals surface area contributed by atoms with Crippen LogP contribution in [0.3, 0.4) is 0 Å². The minimum absolute atomic E-state index is 0.0692. The predicted octanol–water partition coefficient (Wildman–Crippen LogP) is 0.656. The van der Waals surface area contributed by atoms with Crippen LogP contribution in [-0.4, -0.2) is 28.7 Å². The highest BCUT2D eigenvalue weighted by molar-refractivity contribution is 5.77. The normalized spacial score (nSPS) is 18.9. The SMILES string of the molecule is Cc1nnc(NC2CCC(=O)NC2)c(C#N)c1C. The summed E-state index contributed by atoms with van der Waals surface area (Å²) >= 11 is 0. The van der Waals surface area contributed by atoms with E-state index < -0.39 is 0 Å². The maximum Gasteiger partial charge on any atom is 0.220 e. The van der Waals surface area contributed by atoms with Crippen molar-refractivity contribution in [3.05, 3.63) is 16.8 Å². The van der Waals surface area contributed by atoms with Gasteiger partial charge in [-0.1, -0.05) is 0 Å². The van der Waals surface area contributed by atoms with Crippen LogP contribution in [0.2, 0.25) is 0 Å². The Balaban J connectivity index is 2.17. The first-order valence-corrected chi connectivity index (χ1v) is 5.89. The fourth-order valence-corrected chi connectivity index (χ4v) is 1.90. The van der Waals surface area contributed by atoms with Gasteiger partial charge in [0.2, 0.25) is 5.91 Å². The van der Waals surface area contributed by atoms with E-state index in [1.165, 1.54) is 0 Å². The number of aromatic nitrogens is 2. The summed E-state index contributed by atoms with van der Waals surface area (Å²) < 4.78 is 0. The zero-order valence-electron chi connectivity index (χ0n) is 10.4. The summed E-state index contributed by atoms with van der Waals surface area (Å²) in [6.45, 7) is 4.24. The van der Waals surface area contributed by atoms with E-state index in [1.54, 1.807) is 0 Å². The van der Waals surface area contributed by atoms with Crippen molar-refractivity contribution in [3.63, 3.8) is 0 Å². The van der Waals surface area contributed by atoms with E-state index >= 15 is 0 Å². The molecule has 2 rings (SSSR count). The number of nitriles is 1. The number of amides is 1. The Bertz CT molecular complexity index is 510. The number of aryl methyl sites for hydroxylation is 1. The van der Waals surface area contributed by atoms with Crippen molar-refractivity contribution in [1.29, 1.82) is 5.26 Å². The van der Waals surface area contributed by atoms with Crippen LogP contribution in [-0.2, 0) is 4.79 Å². The molecule has 1 aromatic heterocycles. The molecule has 1 aromatic rings. The van der Waals surface area contributed by atoms with Gasteiger partial charge in [-0.25, -0.2) is 0 Å². The van der Waals surface area contributed by atoms with Crippen LogP contribution in [0.5, 0.6) is 0 Å². The van der Waals surface area contributed by atoms with Gasteiger partial charge in [-0.05, 0) is 25.8 Å². The van der Waals surface area contributed by atoms with E-state index in [0.29, 0.717) is 24.3 Å². The standard InChI is InChI=1S/C12H15N5O/c1-7-8(2)16-17-12(10(7)5-13)15-9-3-4-11(18)14-6-9/h9H,3-4,6H2,1-2H3,(H,14,18)(H,15,17). The third-order valence-corrected chi connectivity index (χ3v) is 3.17. The van der Waals surface area contributed by atoms with Crippen molar-refractivity contribution in [2.45, 2.75) is 32.7 Å². The van der Waals surface area contributed by atoms with Gasteiger partial charge < -0.3 is 10.6 Å². The van der Waals surface area contributed by atoms with Gasteiger partial charge in [0.15, 0.2) is 5.82 Å². The van der Waals surface area contributed by atoms with Crippen LogP contribution in [0.15, 0.2) is 0 Å². The lowest BCUT2D eigenvalue weighted by molar-refractivity contribution is -0.122. The summed E-state index contributed by atoms with van der Waals surface area (Å²) in [6.07, 6.45) is 1.24. The molecule has 1 amide bonds. The molecular formula is C12H15N5O. The first kappa shape index (κ1) is 12.3. The molecule has 2 heterocycles. The molecule has 1 fully saturated rings. The largest absolute Gasteiger partial charge is 0.363 e. The number of carbonyl (C=O) groups is 1. The van der Waals surface area contributed by atoms with E-state index in [9.17, 15) is 4.79 Å². The quantitative estimate of drug-likeness (QED) is 0.798. The smallest absolute Gasteiger partial charge is 0.220 e. The summed E-state index contributed by atoms with van der Waals surface area (Å²) in [6, 6.07) is 2.25. The third kappa shape index (κ3) is 2.40. The Hall–Kier alpha value is -2.16. The summed E-state index contributed by atoms with van der Waals surface area (Å²) in [4.78, 5) is 11.1. The third-order valence-electron chi connectivity index (χ3n) is 3.17. The first-order valence-electron chi connectivity index (χ1n) is 5.89. The van der Waals surface area contributed by atoms with Crippen LogP contribution < -0.4 is 10.6 Å². The van der Waals surface area contributed by atoms with E-state index in [-0.39, 0.29) is 11.9 Å². The summed E-state index contributed by atoms with van der Waals surface area (Å²) in [5.41, 5.74) is 2.13. The molecule has 1 aliphatic rings. The topological polar surface area (TPSA) is 90.7 Å². The van der Waals surface area contributed by atoms with E-state index in [1.807, 2.05) is 13.8 Å². The maximum atomic E-state index is 11.1. The average Bonchev–Trinajstić information content (AvgIpc) is 2.37. The second-order valence-electron chi connectivity index (χ2n) is 4.43. The fourth-order valence-electron chi connectivity index (χ4n) is 1.90. The number of rotatable bonds is 2. The summed E-state index contributed by atoms with van der Waals surface area (Å²) in [5, 5.41) is 23.2. The number of hydrogen-bond acceptors (Lipinski definition) is 5. The zero-order chi connectivity index (χ0) is 13.1. The number of hydrogen-bond donors (Lipinski definition) is 2. The van der Waals surface area contributed by atoms with Gasteiger partial charge in [-0.15, -0.1) is 5.10 Å². The molecule has 0 aliphatic carbocycles. The van der Waals surface area contributed by atoms with Crippen LogP contribution in [0.25, 0.3) is 0 Å². The minimum atomic E-state index is 0.0692. The van der Waals surface area contributed by atoms with Crippen LogP contribution in [0.1, 0.15) is 29.7 Å². The molecule has 0 aromatic carbocycles. The fraction of sp³-hybridized carbons (Fsp3) is 0.500. The van der Waals surface area contributed by atoms with Crippen LogP contribution in [0, 0.1) is 25.2 Å². The zero-order valence-corrected chi connectivity index (χ0v) is 10.4. The average molecular weight is 245 g/mol. The van der Waals surface area contributed by atoms with Gasteiger partial charge in [0, 0.05) is 19.0 Å². The Labute approximate surface area is 105 Å². The molecule has 0 spiro atoms. The number of anilines is 1. The van der Waals surface area contributed by atoms with Crippen LogP contribution in [0.4, 0.5) is 5.82 Å². The molecule has 6 nitrogen and oxygen atoms in total. The van der Waals surface area contributed by atoms with Crippen molar-refractivity contribution in [2.24, 2.45) is 0 Å². The molecular weight excluding hydrogens is 230 g/mol. The van der Waals surface area contributed by atoms with Crippen molar-refractivity contribution in [1.82, 2.24) is 15.5 Å². The monoisotopic (exact) mass is 245 g/mol. The van der Waals surface area contributed by atoms with Gasteiger partial charge in [-0.3, -0.25) is 4.79 Å². The molecule has 0 saturated carbocycles. The lowest BCUT2D eigenvalue weighted by Gasteiger charge is -2.24. The minimum Gasteiger partial charge on any atom is -0.363 e. The van der Waals surface area contributed by atoms with Crippen molar-refractivity contribution < 1.29 is 4.79 Å². The van der Waals surface area contributed by atoms with Crippen LogP contribution >= 0.6 is 0 Å². The molecule has 1 unspecified atom stereocenters. The van der Waals surface area contributed by atoms with Crippen molar-refractivity contribution in [3.8, 4) is 6.07 Å². The Morgan fingerprint density at radius 3 is 2.83 bits per heavy atom. The number of carbonyl (C=O) groups excluding carboxylic acids is 1. The summed E-state index contributed by atoms with van der Waals surface area (Å²) in [5.74, 6) is 0.571. The molecule has 1 atom stereocenters. The van der Waals surface area contributed by atoms with Gasteiger partial charge in [0.1, 0.15) is 11.6 Å². The van der Waals surface area contributed by atoms with Crippen molar-refractivity contribution in [2.75, 3.05) is 11.9 Å². The first-order chi connectivity index (χ1) is 8.61. The molecule has 2 N–H and O–H groups in total. The molecule has 18 heavy (non-hydrogen) atoms. The van der Waals surface area contributed by atoms with E-state index in [2.05, 4.69) is 26.9 Å². The molecule has 0 radical (unpaired) electrons. The molecule has 1 saturated heterocycles. The van der Waals surface area contributed by atoms with E-state index in [4.69, 9.17) is 5.26 Å². The van der Waals surface area contributed by atoms with Gasteiger partial charge in [0.05, 0.1) is 5.69 Å². The lowest BCUT2D eigenvalue weighted by Crippen LogP contribution is -2.42. The second kappa shape index (κ2) is 5.00. The molecule has 6 heteroatoms. The lowest BCUT2D eigenvalue weighted by atomic mass is 10.1. The molecule has 0 bridgehead atoms. The summed E-state index contributed by atoms with van der Waals surface area (Å²) in [7, 11) is 0. The highest BCUT2D eigenvalue weighted by atomic mass is 16.1. The van der Waals surface area contributed by atoms with Gasteiger partial charge >= 0.3 is 0 Å². The highest BCUT2D eigenvalue weighted by Crippen LogP contribution is 2.19. The maximum absolute atomic E-state index is 11.1. The molecule has 1 aliphatic heterocycles. The predicted molar refractivity (Wildman–Crippen MR) is 65.9 cm³/mol. The molecule has 94 valence electrons.